The fraction of sp³-hybridized carbons (Fsp3) is 0.125. The van der Waals surface area contributed by atoms with E-state index in [0.717, 1.165) is 5.69 Å². The molecule has 0 atom stereocenters. The van der Waals surface area contributed by atoms with Gasteiger partial charge in [-0.25, -0.2) is 0 Å². The molecule has 0 fully saturated rings. The van der Waals surface area contributed by atoms with Gasteiger partial charge in [0.2, 0.25) is 5.91 Å². The Labute approximate surface area is 127 Å². The number of nitrogens with zero attached hydrogens (tertiary/aromatic N) is 3. The number of carbonyl (C=O) groups is 1. The van der Waals surface area contributed by atoms with E-state index in [0.29, 0.717) is 11.3 Å². The largest absolute Gasteiger partial charge is 0.316 e. The predicted molar refractivity (Wildman–Crippen MR) is 85.9 cm³/mol. The SMILES string of the molecule is CC(=O)N(C)c1ccc(N=Cc2cccc([N+](=O)[O-])c2)cc1. The van der Waals surface area contributed by atoms with Crippen molar-refractivity contribution in [1.29, 1.82) is 0 Å². The van der Waals surface area contributed by atoms with Crippen LogP contribution in [0.3, 0.4) is 0 Å². The first kappa shape index (κ1) is 15.4. The van der Waals surface area contributed by atoms with Gasteiger partial charge in [0.1, 0.15) is 0 Å². The predicted octanol–water partition coefficient (Wildman–Crippen LogP) is 3.33. The number of non-ortho nitro benzene ring substituents is 1. The Bertz CT molecular complexity index is 724. The van der Waals surface area contributed by atoms with Crippen molar-refractivity contribution in [3.63, 3.8) is 0 Å². The monoisotopic (exact) mass is 297 g/mol. The molecule has 2 aromatic rings. The third-order valence-electron chi connectivity index (χ3n) is 3.15. The minimum Gasteiger partial charge on any atom is -0.316 e. The van der Waals surface area contributed by atoms with Gasteiger partial charge in [-0.1, -0.05) is 12.1 Å². The van der Waals surface area contributed by atoms with Crippen molar-refractivity contribution in [3.8, 4) is 0 Å². The highest BCUT2D eigenvalue weighted by atomic mass is 16.6. The zero-order valence-corrected chi connectivity index (χ0v) is 12.3. The minimum atomic E-state index is -0.441. The Morgan fingerprint density at radius 1 is 1.23 bits per heavy atom. The third kappa shape index (κ3) is 3.76. The van der Waals surface area contributed by atoms with E-state index >= 15 is 0 Å². The Balaban J connectivity index is 2.15. The van der Waals surface area contributed by atoms with Crippen LogP contribution in [0.4, 0.5) is 17.1 Å². The van der Waals surface area contributed by atoms with E-state index in [1.165, 1.54) is 24.0 Å². The maximum absolute atomic E-state index is 11.3. The zero-order chi connectivity index (χ0) is 16.1. The van der Waals surface area contributed by atoms with Gasteiger partial charge in [-0.2, -0.15) is 0 Å². The highest BCUT2D eigenvalue weighted by Gasteiger charge is 2.05. The lowest BCUT2D eigenvalue weighted by molar-refractivity contribution is -0.384. The number of anilines is 1. The van der Waals surface area contributed by atoms with E-state index in [1.54, 1.807) is 49.7 Å². The second-order valence-corrected chi connectivity index (χ2v) is 4.70. The summed E-state index contributed by atoms with van der Waals surface area (Å²) in [6, 6.07) is 13.4. The molecule has 6 heteroatoms. The molecule has 0 saturated carbocycles. The van der Waals surface area contributed by atoms with Crippen LogP contribution in [0.2, 0.25) is 0 Å². The van der Waals surface area contributed by atoms with Gasteiger partial charge >= 0.3 is 0 Å². The summed E-state index contributed by atoms with van der Waals surface area (Å²) >= 11 is 0. The van der Waals surface area contributed by atoms with E-state index in [4.69, 9.17) is 0 Å². The molecule has 0 spiro atoms. The normalized spacial score (nSPS) is 10.6. The summed E-state index contributed by atoms with van der Waals surface area (Å²) in [6.45, 7) is 1.49. The van der Waals surface area contributed by atoms with Crippen molar-refractivity contribution in [1.82, 2.24) is 0 Å². The number of amides is 1. The number of nitro groups is 1. The van der Waals surface area contributed by atoms with Crippen molar-refractivity contribution in [2.75, 3.05) is 11.9 Å². The third-order valence-corrected chi connectivity index (χ3v) is 3.15. The second kappa shape index (κ2) is 6.62. The topological polar surface area (TPSA) is 75.8 Å². The standard InChI is InChI=1S/C16H15N3O3/c1-12(20)18(2)15-8-6-14(7-9-15)17-11-13-4-3-5-16(10-13)19(21)22/h3-11H,1-2H3. The highest BCUT2D eigenvalue weighted by molar-refractivity contribution is 5.91. The smallest absolute Gasteiger partial charge is 0.270 e. The Hall–Kier alpha value is -3.02. The van der Waals surface area contributed by atoms with Crippen LogP contribution in [0.25, 0.3) is 0 Å². The molecule has 0 aromatic heterocycles. The van der Waals surface area contributed by atoms with E-state index in [-0.39, 0.29) is 11.6 Å². The summed E-state index contributed by atoms with van der Waals surface area (Å²) in [7, 11) is 1.70. The van der Waals surface area contributed by atoms with Crippen LogP contribution in [0.15, 0.2) is 53.5 Å². The van der Waals surface area contributed by atoms with Gasteiger partial charge < -0.3 is 4.90 Å². The van der Waals surface area contributed by atoms with Crippen LogP contribution in [-0.2, 0) is 4.79 Å². The van der Waals surface area contributed by atoms with E-state index in [9.17, 15) is 14.9 Å². The highest BCUT2D eigenvalue weighted by Crippen LogP contribution is 2.19. The summed E-state index contributed by atoms with van der Waals surface area (Å²) < 4.78 is 0. The van der Waals surface area contributed by atoms with Crippen LogP contribution >= 0.6 is 0 Å². The van der Waals surface area contributed by atoms with Crippen LogP contribution in [0.1, 0.15) is 12.5 Å². The second-order valence-electron chi connectivity index (χ2n) is 4.70. The Morgan fingerprint density at radius 2 is 1.91 bits per heavy atom. The fourth-order valence-corrected chi connectivity index (χ4v) is 1.81. The lowest BCUT2D eigenvalue weighted by atomic mass is 10.2. The van der Waals surface area contributed by atoms with E-state index in [2.05, 4.69) is 4.99 Å². The van der Waals surface area contributed by atoms with E-state index < -0.39 is 4.92 Å². The molecule has 0 saturated heterocycles. The summed E-state index contributed by atoms with van der Waals surface area (Å²) in [6.07, 6.45) is 1.57. The zero-order valence-electron chi connectivity index (χ0n) is 12.3. The van der Waals surface area contributed by atoms with Crippen molar-refractivity contribution in [3.05, 3.63) is 64.2 Å². The number of hydrogen-bond acceptors (Lipinski definition) is 4. The quantitative estimate of drug-likeness (QED) is 0.493. The maximum atomic E-state index is 11.3. The van der Waals surface area contributed by atoms with Gasteiger partial charge in [0.15, 0.2) is 0 Å². The molecule has 0 heterocycles. The lowest BCUT2D eigenvalue weighted by Gasteiger charge is -2.14. The molecule has 0 aliphatic heterocycles. The maximum Gasteiger partial charge on any atom is 0.270 e. The fourth-order valence-electron chi connectivity index (χ4n) is 1.81. The molecule has 2 aromatic carbocycles. The lowest BCUT2D eigenvalue weighted by Crippen LogP contribution is -2.22. The molecule has 0 unspecified atom stereocenters. The van der Waals surface area contributed by atoms with E-state index in [1.807, 2.05) is 0 Å². The number of nitro benzene ring substituents is 1. The van der Waals surface area contributed by atoms with Crippen LogP contribution in [0.5, 0.6) is 0 Å². The summed E-state index contributed by atoms with van der Waals surface area (Å²) in [4.78, 5) is 27.3. The molecule has 0 radical (unpaired) electrons. The molecule has 112 valence electrons. The van der Waals surface area contributed by atoms with Crippen molar-refractivity contribution in [2.24, 2.45) is 4.99 Å². The number of benzene rings is 2. The molecule has 22 heavy (non-hydrogen) atoms. The van der Waals surface area contributed by atoms with Crippen LogP contribution < -0.4 is 4.90 Å². The molecular weight excluding hydrogens is 282 g/mol. The summed E-state index contributed by atoms with van der Waals surface area (Å²) in [5, 5.41) is 10.7. The Morgan fingerprint density at radius 3 is 2.50 bits per heavy atom. The van der Waals surface area contributed by atoms with Crippen molar-refractivity contribution >= 4 is 29.2 Å². The van der Waals surface area contributed by atoms with Gasteiger partial charge in [-0.15, -0.1) is 0 Å². The molecule has 0 bridgehead atoms. The van der Waals surface area contributed by atoms with Gasteiger partial charge in [0, 0.05) is 38.0 Å². The first-order valence-electron chi connectivity index (χ1n) is 6.60. The average molecular weight is 297 g/mol. The molecular formula is C16H15N3O3. The molecule has 2 rings (SSSR count). The van der Waals surface area contributed by atoms with Gasteiger partial charge in [-0.3, -0.25) is 19.9 Å². The van der Waals surface area contributed by atoms with Crippen molar-refractivity contribution < 1.29 is 9.72 Å². The molecule has 1 amide bonds. The first-order chi connectivity index (χ1) is 10.5. The molecule has 6 nitrogen and oxygen atoms in total. The Kier molecular flexibility index (Phi) is 4.63. The summed E-state index contributed by atoms with van der Waals surface area (Å²) in [5.41, 5.74) is 2.16. The molecule has 0 aliphatic rings. The number of rotatable bonds is 4. The molecule has 0 aliphatic carbocycles. The van der Waals surface area contributed by atoms with Crippen LogP contribution in [0, 0.1) is 10.1 Å². The summed E-state index contributed by atoms with van der Waals surface area (Å²) in [5.74, 6) is -0.0483. The first-order valence-corrected chi connectivity index (χ1v) is 6.60. The van der Waals surface area contributed by atoms with Gasteiger partial charge in [0.25, 0.3) is 5.69 Å². The molecule has 0 N–H and O–H groups in total. The van der Waals surface area contributed by atoms with Crippen LogP contribution in [-0.4, -0.2) is 24.1 Å². The number of carbonyl (C=O) groups excluding carboxylic acids is 1. The minimum absolute atomic E-state index is 0.0300. The number of hydrogen-bond donors (Lipinski definition) is 0. The van der Waals surface area contributed by atoms with Gasteiger partial charge in [0.05, 0.1) is 10.6 Å². The van der Waals surface area contributed by atoms with Crippen molar-refractivity contribution in [2.45, 2.75) is 6.92 Å². The average Bonchev–Trinajstić information content (AvgIpc) is 2.53. The number of aliphatic imine (C=N–C) groups is 1. The van der Waals surface area contributed by atoms with Gasteiger partial charge in [-0.05, 0) is 29.8 Å².